The quantitative estimate of drug-likeness (QED) is 0.848. The minimum Gasteiger partial charge on any atom is -0.339 e. The summed E-state index contributed by atoms with van der Waals surface area (Å²) in [7, 11) is 0. The van der Waals surface area contributed by atoms with Crippen LogP contribution in [0.3, 0.4) is 0 Å². The Morgan fingerprint density at radius 3 is 2.45 bits per heavy atom. The van der Waals surface area contributed by atoms with Crippen LogP contribution in [0.15, 0.2) is 0 Å². The summed E-state index contributed by atoms with van der Waals surface area (Å²) < 4.78 is 0. The van der Waals surface area contributed by atoms with Gasteiger partial charge in [-0.15, -0.1) is 24.8 Å². The minimum absolute atomic E-state index is 0. The van der Waals surface area contributed by atoms with E-state index in [1.165, 1.54) is 38.8 Å². The van der Waals surface area contributed by atoms with E-state index in [0.29, 0.717) is 11.9 Å². The minimum atomic E-state index is -0.239. The zero-order valence-corrected chi connectivity index (χ0v) is 15.3. The van der Waals surface area contributed by atoms with Crippen LogP contribution in [0.5, 0.6) is 0 Å². The van der Waals surface area contributed by atoms with E-state index in [1.807, 2.05) is 0 Å². The molecule has 3 aliphatic heterocycles. The summed E-state index contributed by atoms with van der Waals surface area (Å²) in [4.78, 5) is 17.6. The number of nitrogens with zero attached hydrogens (tertiary/aromatic N) is 2. The number of carbonyl (C=O) groups excluding carboxylic acids is 1. The molecule has 3 fully saturated rings. The lowest BCUT2D eigenvalue weighted by atomic mass is 9.92. The fourth-order valence-corrected chi connectivity index (χ4v) is 4.25. The Labute approximate surface area is 147 Å². The van der Waals surface area contributed by atoms with Crippen LogP contribution in [0.25, 0.3) is 0 Å². The van der Waals surface area contributed by atoms with Crippen LogP contribution in [-0.2, 0) is 4.79 Å². The molecular weight excluding hydrogens is 321 g/mol. The molecule has 2 unspecified atom stereocenters. The second-order valence-corrected chi connectivity index (χ2v) is 6.76. The Morgan fingerprint density at radius 1 is 1.14 bits per heavy atom. The second kappa shape index (κ2) is 8.72. The fourth-order valence-electron chi connectivity index (χ4n) is 4.25. The molecule has 3 heterocycles. The first kappa shape index (κ1) is 20.0. The first-order chi connectivity index (χ1) is 9.75. The molecule has 0 saturated carbocycles. The van der Waals surface area contributed by atoms with Crippen LogP contribution in [0.1, 0.15) is 51.9 Å². The van der Waals surface area contributed by atoms with E-state index in [1.54, 1.807) is 0 Å². The van der Waals surface area contributed by atoms with Gasteiger partial charge in [0.15, 0.2) is 0 Å². The van der Waals surface area contributed by atoms with E-state index in [9.17, 15) is 4.79 Å². The maximum Gasteiger partial charge on any atom is 0.242 e. The molecule has 0 spiro atoms. The third kappa shape index (κ3) is 3.89. The van der Waals surface area contributed by atoms with Gasteiger partial charge in [0.2, 0.25) is 5.91 Å². The monoisotopic (exact) mass is 351 g/mol. The standard InChI is InChI=1S/C16H29N3O.2ClH/c1-2-16(8-6-9-17-16)15(20)19-12-7-14(13-19)18-10-4-3-5-11-18;;/h14,17H,2-13H2,1H3;2*1H. The number of amides is 1. The van der Waals surface area contributed by atoms with E-state index in [-0.39, 0.29) is 30.4 Å². The zero-order chi connectivity index (χ0) is 14.0. The van der Waals surface area contributed by atoms with E-state index in [2.05, 4.69) is 22.0 Å². The topological polar surface area (TPSA) is 35.6 Å². The average molecular weight is 352 g/mol. The molecule has 0 aliphatic carbocycles. The molecule has 130 valence electrons. The Balaban J connectivity index is 0.00000121. The van der Waals surface area contributed by atoms with Gasteiger partial charge >= 0.3 is 0 Å². The summed E-state index contributed by atoms with van der Waals surface area (Å²) >= 11 is 0. The van der Waals surface area contributed by atoms with Crippen LogP contribution in [-0.4, -0.2) is 60.0 Å². The van der Waals surface area contributed by atoms with Crippen LogP contribution in [0, 0.1) is 0 Å². The van der Waals surface area contributed by atoms with Crippen LogP contribution in [0.4, 0.5) is 0 Å². The second-order valence-electron chi connectivity index (χ2n) is 6.76. The van der Waals surface area contributed by atoms with Gasteiger partial charge in [0.25, 0.3) is 0 Å². The molecule has 0 bridgehead atoms. The van der Waals surface area contributed by atoms with E-state index in [4.69, 9.17) is 0 Å². The molecule has 0 aromatic heterocycles. The number of carbonyl (C=O) groups is 1. The Morgan fingerprint density at radius 2 is 1.86 bits per heavy atom. The summed E-state index contributed by atoms with van der Waals surface area (Å²) in [6.45, 7) is 7.55. The van der Waals surface area contributed by atoms with Crippen molar-refractivity contribution in [1.29, 1.82) is 0 Å². The van der Waals surface area contributed by atoms with E-state index < -0.39 is 0 Å². The Kier molecular flexibility index (Phi) is 7.93. The van der Waals surface area contributed by atoms with Crippen LogP contribution < -0.4 is 5.32 Å². The van der Waals surface area contributed by atoms with Gasteiger partial charge in [0.05, 0.1) is 5.54 Å². The lowest BCUT2D eigenvalue weighted by Gasteiger charge is -2.34. The Hall–Kier alpha value is -0.0300. The van der Waals surface area contributed by atoms with Gasteiger partial charge in [-0.1, -0.05) is 13.3 Å². The van der Waals surface area contributed by atoms with Crippen molar-refractivity contribution < 1.29 is 4.79 Å². The maximum absolute atomic E-state index is 12.9. The van der Waals surface area contributed by atoms with Crippen molar-refractivity contribution in [2.45, 2.75) is 63.5 Å². The largest absolute Gasteiger partial charge is 0.339 e. The third-order valence-corrected chi connectivity index (χ3v) is 5.61. The number of likely N-dealkylation sites (tertiary alicyclic amines) is 2. The van der Waals surface area contributed by atoms with Crippen LogP contribution >= 0.6 is 24.8 Å². The maximum atomic E-state index is 12.9. The van der Waals surface area contributed by atoms with Crippen molar-refractivity contribution in [2.24, 2.45) is 0 Å². The highest BCUT2D eigenvalue weighted by Crippen LogP contribution is 2.28. The van der Waals surface area contributed by atoms with Crippen molar-refractivity contribution in [1.82, 2.24) is 15.1 Å². The van der Waals surface area contributed by atoms with E-state index >= 15 is 0 Å². The first-order valence-corrected chi connectivity index (χ1v) is 8.54. The third-order valence-electron chi connectivity index (χ3n) is 5.61. The molecule has 0 radical (unpaired) electrons. The lowest BCUT2D eigenvalue weighted by Crippen LogP contribution is -2.54. The van der Waals surface area contributed by atoms with Gasteiger partial charge in [-0.3, -0.25) is 9.69 Å². The number of nitrogens with one attached hydrogen (secondary N) is 1. The number of rotatable bonds is 3. The summed E-state index contributed by atoms with van der Waals surface area (Å²) in [6, 6.07) is 0.620. The predicted octanol–water partition coefficient (Wildman–Crippen LogP) is 2.45. The van der Waals surface area contributed by atoms with Crippen molar-refractivity contribution in [3.63, 3.8) is 0 Å². The molecule has 1 N–H and O–H groups in total. The van der Waals surface area contributed by atoms with Crippen molar-refractivity contribution >= 4 is 30.7 Å². The number of halogens is 2. The number of hydrogen-bond acceptors (Lipinski definition) is 3. The lowest BCUT2D eigenvalue weighted by molar-refractivity contribution is -0.137. The molecule has 0 aromatic carbocycles. The molecule has 3 saturated heterocycles. The Bertz CT molecular complexity index is 355. The highest BCUT2D eigenvalue weighted by atomic mass is 35.5. The molecule has 3 rings (SSSR count). The molecular formula is C16H31Cl2N3O. The van der Waals surface area contributed by atoms with Crippen molar-refractivity contribution in [3.8, 4) is 0 Å². The molecule has 1 amide bonds. The van der Waals surface area contributed by atoms with Crippen LogP contribution in [0.2, 0.25) is 0 Å². The predicted molar refractivity (Wildman–Crippen MR) is 95.2 cm³/mol. The summed E-state index contributed by atoms with van der Waals surface area (Å²) in [5, 5.41) is 3.49. The van der Waals surface area contributed by atoms with Crippen molar-refractivity contribution in [3.05, 3.63) is 0 Å². The highest BCUT2D eigenvalue weighted by Gasteiger charge is 2.44. The van der Waals surface area contributed by atoms with Gasteiger partial charge < -0.3 is 10.2 Å². The average Bonchev–Trinajstić information content (AvgIpc) is 3.17. The van der Waals surface area contributed by atoms with E-state index in [0.717, 1.165) is 38.9 Å². The summed E-state index contributed by atoms with van der Waals surface area (Å²) in [5.74, 6) is 0.372. The number of hydrogen-bond donors (Lipinski definition) is 1. The fraction of sp³-hybridized carbons (Fsp3) is 0.938. The van der Waals surface area contributed by atoms with Crippen molar-refractivity contribution in [2.75, 3.05) is 32.7 Å². The zero-order valence-electron chi connectivity index (χ0n) is 13.7. The molecule has 3 aliphatic rings. The van der Waals surface area contributed by atoms with Gasteiger partial charge in [0.1, 0.15) is 0 Å². The molecule has 2 atom stereocenters. The van der Waals surface area contributed by atoms with Gasteiger partial charge in [-0.2, -0.15) is 0 Å². The normalized spacial score (nSPS) is 32.4. The summed E-state index contributed by atoms with van der Waals surface area (Å²) in [5.41, 5.74) is -0.239. The summed E-state index contributed by atoms with van der Waals surface area (Å²) in [6.07, 6.45) is 8.32. The van der Waals surface area contributed by atoms with Gasteiger partial charge in [0, 0.05) is 19.1 Å². The smallest absolute Gasteiger partial charge is 0.242 e. The molecule has 22 heavy (non-hydrogen) atoms. The number of piperidine rings is 1. The SMILES string of the molecule is CCC1(C(=O)N2CCC(N3CCCCC3)C2)CCCN1.Cl.Cl. The highest BCUT2D eigenvalue weighted by molar-refractivity contribution is 5.87. The van der Waals surface area contributed by atoms with Gasteiger partial charge in [-0.05, 0) is 58.2 Å². The van der Waals surface area contributed by atoms with Gasteiger partial charge in [-0.25, -0.2) is 0 Å². The molecule has 0 aromatic rings. The molecule has 4 nitrogen and oxygen atoms in total. The first-order valence-electron chi connectivity index (χ1n) is 8.54. The molecule has 6 heteroatoms.